The molecule has 0 fully saturated rings. The Morgan fingerprint density at radius 2 is 1.75 bits per heavy atom. The van der Waals surface area contributed by atoms with Crippen LogP contribution in [0.2, 0.25) is 0 Å². The summed E-state index contributed by atoms with van der Waals surface area (Å²) in [5.74, 6) is -4.23. The first-order chi connectivity index (χ1) is 24.2. The van der Waals surface area contributed by atoms with Crippen LogP contribution in [0.15, 0.2) is 60.7 Å². The van der Waals surface area contributed by atoms with E-state index in [9.17, 15) is 34.4 Å². The van der Waals surface area contributed by atoms with Crippen LogP contribution in [0.25, 0.3) is 0 Å². The Labute approximate surface area is 294 Å². The molecule has 0 aliphatic carbocycles. The van der Waals surface area contributed by atoms with Crippen LogP contribution in [0, 0.1) is 16.0 Å². The number of rotatable bonds is 10. The first kappa shape index (κ1) is 38.1. The molecule has 0 spiro atoms. The van der Waals surface area contributed by atoms with Crippen molar-refractivity contribution in [3.05, 3.63) is 87.5 Å². The van der Waals surface area contributed by atoms with Gasteiger partial charge in [-0.05, 0) is 47.2 Å². The summed E-state index contributed by atoms with van der Waals surface area (Å²) < 4.78 is 16.1. The third-order valence-electron chi connectivity index (χ3n) is 8.24. The van der Waals surface area contributed by atoms with Gasteiger partial charge < -0.3 is 46.7 Å². The molecular weight excluding hydrogens is 664 g/mol. The highest BCUT2D eigenvalue weighted by Crippen LogP contribution is 2.43. The van der Waals surface area contributed by atoms with Gasteiger partial charge in [0.05, 0.1) is 31.2 Å². The maximum atomic E-state index is 14.1. The zero-order valence-corrected chi connectivity index (χ0v) is 28.6. The van der Waals surface area contributed by atoms with Gasteiger partial charge in [0, 0.05) is 18.9 Å². The summed E-state index contributed by atoms with van der Waals surface area (Å²) in [4.78, 5) is 65.7. The predicted octanol–water partition coefficient (Wildman–Crippen LogP) is 1.90. The van der Waals surface area contributed by atoms with Crippen LogP contribution in [0.3, 0.4) is 0 Å². The third-order valence-corrected chi connectivity index (χ3v) is 8.24. The monoisotopic (exact) mass is 706 g/mol. The number of phenolic OH excluding ortho intramolecular Hbond substituents is 1. The number of ether oxygens (including phenoxy) is 3. The Morgan fingerprint density at radius 3 is 2.37 bits per heavy atom. The average molecular weight is 707 g/mol. The molecule has 4 bridgehead atoms. The number of nitrogens with zero attached hydrogens (tertiary/aromatic N) is 1. The van der Waals surface area contributed by atoms with Gasteiger partial charge >= 0.3 is 11.7 Å². The number of amides is 3. The Kier molecular flexibility index (Phi) is 12.5. The standard InChI is InChI=1S/C35H42N6O10/c1-18(2)12-22(36)32(43)38-24-14-20-10-11-27(25(15-20)41(47)48)51-28-17-21(16-26(42)31(28)49-3)30(29(37)35(46)50-4)40-34(45)23(39-33(24)44)13-19-8-6-5-7-9-19/h5-11,15-18,22-24,29-30,42H,12-14,36-37H2,1-4H3,(H,38,43)(H,39,44)(H,40,45)/t22-,23+,24-,29-,30-/m1/s1. The van der Waals surface area contributed by atoms with Crippen molar-refractivity contribution < 1.29 is 43.4 Å². The molecule has 16 heteroatoms. The van der Waals surface area contributed by atoms with Crippen molar-refractivity contribution in [2.24, 2.45) is 17.4 Å². The minimum Gasteiger partial charge on any atom is -0.504 e. The highest BCUT2D eigenvalue weighted by molar-refractivity contribution is 5.94. The number of nitro groups is 1. The SMILES string of the molecule is COC(=O)[C@H](N)[C@@H]1NC(=O)[C@H](Cc2ccccc2)NC(=O)[C@H](NC(=O)[C@H](N)CC(C)C)Cc2ccc(c([N+](=O)[O-])c2)Oc2cc1cc(O)c2OC. The predicted molar refractivity (Wildman–Crippen MR) is 184 cm³/mol. The number of hydrogen-bond acceptors (Lipinski definition) is 12. The summed E-state index contributed by atoms with van der Waals surface area (Å²) in [5, 5.41) is 31.3. The molecule has 2 aliphatic heterocycles. The van der Waals surface area contributed by atoms with Crippen molar-refractivity contribution in [2.75, 3.05) is 14.2 Å². The minimum atomic E-state index is -1.55. The second kappa shape index (κ2) is 16.8. The molecule has 3 aromatic rings. The van der Waals surface area contributed by atoms with E-state index >= 15 is 0 Å². The van der Waals surface area contributed by atoms with Crippen LogP contribution < -0.4 is 36.9 Å². The van der Waals surface area contributed by atoms with E-state index in [1.807, 2.05) is 13.8 Å². The van der Waals surface area contributed by atoms with E-state index in [1.54, 1.807) is 30.3 Å². The quantitative estimate of drug-likeness (QED) is 0.101. The van der Waals surface area contributed by atoms with Crippen molar-refractivity contribution in [3.63, 3.8) is 0 Å². The number of carbonyl (C=O) groups is 4. The Morgan fingerprint density at radius 1 is 1.04 bits per heavy atom. The first-order valence-electron chi connectivity index (χ1n) is 16.1. The highest BCUT2D eigenvalue weighted by Gasteiger charge is 2.35. The van der Waals surface area contributed by atoms with Crippen molar-refractivity contribution >= 4 is 29.4 Å². The normalized spacial score (nSPS) is 18.8. The second-order valence-electron chi connectivity index (χ2n) is 12.5. The molecule has 0 aromatic heterocycles. The van der Waals surface area contributed by atoms with Gasteiger partial charge in [0.25, 0.3) is 0 Å². The van der Waals surface area contributed by atoms with E-state index in [-0.39, 0.29) is 47.1 Å². The van der Waals surface area contributed by atoms with E-state index in [4.69, 9.17) is 25.7 Å². The lowest BCUT2D eigenvalue weighted by Crippen LogP contribution is -2.58. The number of nitrogens with one attached hydrogen (secondary N) is 3. The fourth-order valence-electron chi connectivity index (χ4n) is 5.68. The average Bonchev–Trinajstić information content (AvgIpc) is 3.09. The topological polar surface area (TPSA) is 247 Å². The minimum absolute atomic E-state index is 0.0332. The van der Waals surface area contributed by atoms with E-state index in [0.717, 1.165) is 7.11 Å². The van der Waals surface area contributed by atoms with Gasteiger partial charge in [0.2, 0.25) is 29.2 Å². The summed E-state index contributed by atoms with van der Waals surface area (Å²) >= 11 is 0. The van der Waals surface area contributed by atoms with Gasteiger partial charge in [-0.2, -0.15) is 0 Å². The fourth-order valence-corrected chi connectivity index (χ4v) is 5.68. The van der Waals surface area contributed by atoms with Gasteiger partial charge in [0.15, 0.2) is 11.5 Å². The lowest BCUT2D eigenvalue weighted by molar-refractivity contribution is -0.385. The molecule has 5 rings (SSSR count). The van der Waals surface area contributed by atoms with E-state index in [2.05, 4.69) is 16.0 Å². The van der Waals surface area contributed by atoms with Crippen LogP contribution in [-0.2, 0) is 36.8 Å². The Balaban J connectivity index is 1.91. The second-order valence-corrected chi connectivity index (χ2v) is 12.5. The highest BCUT2D eigenvalue weighted by atomic mass is 16.6. The Hall–Kier alpha value is -5.74. The molecule has 0 saturated heterocycles. The lowest BCUT2D eigenvalue weighted by Gasteiger charge is -2.29. The summed E-state index contributed by atoms with van der Waals surface area (Å²) in [6.45, 7) is 3.77. The van der Waals surface area contributed by atoms with Crippen molar-refractivity contribution in [2.45, 2.75) is 63.3 Å². The Bertz CT molecular complexity index is 1770. The molecule has 8 N–H and O–H groups in total. The van der Waals surface area contributed by atoms with Crippen LogP contribution in [0.4, 0.5) is 5.69 Å². The number of methoxy groups -OCH3 is 2. The van der Waals surface area contributed by atoms with Crippen molar-refractivity contribution in [3.8, 4) is 23.0 Å². The molecule has 3 aromatic carbocycles. The van der Waals surface area contributed by atoms with Gasteiger partial charge in [-0.25, -0.2) is 0 Å². The van der Waals surface area contributed by atoms with Gasteiger partial charge in [-0.3, -0.25) is 29.3 Å². The number of fused-ring (bicyclic) bond motifs is 9. The van der Waals surface area contributed by atoms with Crippen LogP contribution in [-0.4, -0.2) is 72.1 Å². The van der Waals surface area contributed by atoms with E-state index in [1.165, 1.54) is 37.4 Å². The number of benzene rings is 3. The van der Waals surface area contributed by atoms with Crippen LogP contribution in [0.5, 0.6) is 23.0 Å². The number of carbonyl (C=O) groups excluding carboxylic acids is 4. The number of phenols is 1. The summed E-state index contributed by atoms with van der Waals surface area (Å²) in [7, 11) is 2.34. The zero-order chi connectivity index (χ0) is 37.4. The largest absolute Gasteiger partial charge is 0.504 e. The molecule has 2 aliphatic rings. The molecule has 272 valence electrons. The number of aromatic hydroxyl groups is 1. The summed E-state index contributed by atoms with van der Waals surface area (Å²) in [5.41, 5.74) is 12.9. The number of nitrogens with two attached hydrogens (primary N) is 2. The molecule has 5 atom stereocenters. The molecule has 2 heterocycles. The summed E-state index contributed by atoms with van der Waals surface area (Å²) in [6.07, 6.45) is 0.0500. The van der Waals surface area contributed by atoms with E-state index < -0.39 is 70.3 Å². The molecule has 0 unspecified atom stereocenters. The van der Waals surface area contributed by atoms with Gasteiger partial charge in [-0.1, -0.05) is 50.2 Å². The number of hydrogen-bond donors (Lipinski definition) is 6. The maximum Gasteiger partial charge on any atom is 0.325 e. The molecule has 16 nitrogen and oxygen atoms in total. The lowest BCUT2D eigenvalue weighted by atomic mass is 9.96. The number of nitro benzene ring substituents is 1. The zero-order valence-electron chi connectivity index (χ0n) is 28.6. The molecule has 0 radical (unpaired) electrons. The summed E-state index contributed by atoms with van der Waals surface area (Å²) in [6, 6.07) is 8.63. The molecular formula is C35H42N6O10. The molecule has 3 amide bonds. The van der Waals surface area contributed by atoms with Crippen molar-refractivity contribution in [1.29, 1.82) is 0 Å². The van der Waals surface area contributed by atoms with E-state index in [0.29, 0.717) is 12.0 Å². The first-order valence-corrected chi connectivity index (χ1v) is 16.1. The van der Waals surface area contributed by atoms with Crippen molar-refractivity contribution in [1.82, 2.24) is 16.0 Å². The van der Waals surface area contributed by atoms with Gasteiger partial charge in [0.1, 0.15) is 18.1 Å². The fraction of sp³-hybridized carbons (Fsp3) is 0.371. The molecule has 51 heavy (non-hydrogen) atoms. The number of esters is 1. The smallest absolute Gasteiger partial charge is 0.325 e. The molecule has 0 saturated carbocycles. The van der Waals surface area contributed by atoms with Crippen LogP contribution >= 0.6 is 0 Å². The maximum absolute atomic E-state index is 14.1. The third kappa shape index (κ3) is 9.49. The van der Waals surface area contributed by atoms with Gasteiger partial charge in [-0.15, -0.1) is 0 Å². The van der Waals surface area contributed by atoms with Crippen LogP contribution in [0.1, 0.15) is 43.0 Å².